The topological polar surface area (TPSA) is 29.3 Å². The molecule has 1 unspecified atom stereocenters. The van der Waals surface area contributed by atoms with Crippen molar-refractivity contribution in [3.63, 3.8) is 0 Å². The first-order valence-corrected chi connectivity index (χ1v) is 8.47. The van der Waals surface area contributed by atoms with E-state index in [2.05, 4.69) is 27.9 Å². The van der Waals surface area contributed by atoms with E-state index in [0.717, 1.165) is 20.9 Å². The quantitative estimate of drug-likeness (QED) is 0.778. The molecule has 0 spiro atoms. The molecule has 2 nitrogen and oxygen atoms in total. The Hall–Kier alpha value is -0.100. The molecule has 2 aromatic rings. The van der Waals surface area contributed by atoms with Crippen LogP contribution in [0.5, 0.6) is 0 Å². The van der Waals surface area contributed by atoms with E-state index in [1.165, 1.54) is 4.88 Å². The van der Waals surface area contributed by atoms with Crippen molar-refractivity contribution in [1.82, 2.24) is 4.90 Å². The Labute approximate surface area is 141 Å². The van der Waals surface area contributed by atoms with Crippen molar-refractivity contribution in [1.29, 1.82) is 0 Å². The van der Waals surface area contributed by atoms with Crippen LogP contribution in [0.25, 0.3) is 0 Å². The maximum atomic E-state index is 6.09. The summed E-state index contributed by atoms with van der Waals surface area (Å²) in [6.07, 6.45) is 0. The molecule has 6 heteroatoms. The largest absolute Gasteiger partial charge is 0.329 e. The van der Waals surface area contributed by atoms with E-state index in [1.54, 1.807) is 11.3 Å². The molecular formula is C14H15BrCl2N2S. The predicted octanol–water partition coefficient (Wildman–Crippen LogP) is 4.95. The van der Waals surface area contributed by atoms with Gasteiger partial charge in [0.15, 0.2) is 0 Å². The minimum atomic E-state index is 0.101. The van der Waals surface area contributed by atoms with Crippen LogP contribution in [0.1, 0.15) is 16.5 Å². The molecule has 2 rings (SSSR count). The van der Waals surface area contributed by atoms with Crippen molar-refractivity contribution in [2.75, 3.05) is 13.6 Å². The lowest BCUT2D eigenvalue weighted by atomic mass is 10.1. The molecule has 0 bridgehead atoms. The molecular weight excluding hydrogens is 379 g/mol. The first kappa shape index (κ1) is 16.3. The number of rotatable bonds is 5. The summed E-state index contributed by atoms with van der Waals surface area (Å²) in [6.45, 7) is 1.33. The molecule has 0 saturated carbocycles. The third kappa shape index (κ3) is 3.97. The predicted molar refractivity (Wildman–Crippen MR) is 91.7 cm³/mol. The normalized spacial score (nSPS) is 12.9. The van der Waals surface area contributed by atoms with Crippen molar-refractivity contribution in [2.45, 2.75) is 12.6 Å². The number of hydrogen-bond donors (Lipinski definition) is 1. The Balaban J connectivity index is 2.20. The Bertz CT molecular complexity index is 588. The van der Waals surface area contributed by atoms with Crippen molar-refractivity contribution >= 4 is 50.5 Å². The van der Waals surface area contributed by atoms with E-state index in [1.807, 2.05) is 30.3 Å². The minimum absolute atomic E-state index is 0.101. The summed E-state index contributed by atoms with van der Waals surface area (Å²) in [7, 11) is 2.05. The summed E-state index contributed by atoms with van der Waals surface area (Å²) in [5.74, 6) is 0. The maximum Gasteiger partial charge on any atom is 0.0931 e. The number of thiophene rings is 1. The first-order chi connectivity index (χ1) is 9.51. The van der Waals surface area contributed by atoms with Crippen LogP contribution in [0.2, 0.25) is 9.36 Å². The van der Waals surface area contributed by atoms with E-state index in [0.29, 0.717) is 11.6 Å². The number of nitrogens with two attached hydrogens (primary N) is 1. The van der Waals surface area contributed by atoms with E-state index in [4.69, 9.17) is 28.9 Å². The standard InChI is InChI=1S/C14H15BrCl2N2S/c1-19(8-10-3-5-14(17)20-10)13(7-18)11-6-9(16)2-4-12(11)15/h2-6,13H,7-8,18H2,1H3. The molecule has 0 fully saturated rings. The van der Waals surface area contributed by atoms with Gasteiger partial charge in [-0.3, -0.25) is 4.90 Å². The highest BCUT2D eigenvalue weighted by atomic mass is 79.9. The number of nitrogens with zero attached hydrogens (tertiary/aromatic N) is 1. The highest BCUT2D eigenvalue weighted by Crippen LogP contribution is 2.31. The second-order valence-electron chi connectivity index (χ2n) is 4.54. The minimum Gasteiger partial charge on any atom is -0.329 e. The first-order valence-electron chi connectivity index (χ1n) is 6.10. The second kappa shape index (κ2) is 7.25. The van der Waals surface area contributed by atoms with E-state index < -0.39 is 0 Å². The summed E-state index contributed by atoms with van der Waals surface area (Å²) in [4.78, 5) is 3.42. The van der Waals surface area contributed by atoms with E-state index in [9.17, 15) is 0 Å². The molecule has 1 heterocycles. The lowest BCUT2D eigenvalue weighted by Gasteiger charge is -2.28. The highest BCUT2D eigenvalue weighted by Gasteiger charge is 2.19. The van der Waals surface area contributed by atoms with Crippen molar-refractivity contribution in [3.05, 3.63) is 54.6 Å². The van der Waals surface area contributed by atoms with Crippen LogP contribution in [0, 0.1) is 0 Å². The van der Waals surface area contributed by atoms with Gasteiger partial charge in [-0.25, -0.2) is 0 Å². The Morgan fingerprint density at radius 3 is 2.65 bits per heavy atom. The Morgan fingerprint density at radius 2 is 2.05 bits per heavy atom. The van der Waals surface area contributed by atoms with E-state index in [-0.39, 0.29) is 6.04 Å². The molecule has 20 heavy (non-hydrogen) atoms. The van der Waals surface area contributed by atoms with Crippen molar-refractivity contribution in [3.8, 4) is 0 Å². The zero-order valence-corrected chi connectivity index (χ0v) is 14.9. The maximum absolute atomic E-state index is 6.09. The molecule has 2 N–H and O–H groups in total. The van der Waals surface area contributed by atoms with Gasteiger partial charge < -0.3 is 5.73 Å². The molecule has 0 amide bonds. The average Bonchev–Trinajstić information content (AvgIpc) is 2.80. The molecule has 1 aromatic heterocycles. The van der Waals surface area contributed by atoms with Gasteiger partial charge in [0.1, 0.15) is 0 Å². The fourth-order valence-corrected chi connectivity index (χ4v) is 3.95. The van der Waals surface area contributed by atoms with Crippen molar-refractivity contribution in [2.24, 2.45) is 5.73 Å². The van der Waals surface area contributed by atoms with Gasteiger partial charge in [-0.15, -0.1) is 11.3 Å². The summed E-state index contributed by atoms with van der Waals surface area (Å²) in [5, 5.41) is 0.717. The lowest BCUT2D eigenvalue weighted by Crippen LogP contribution is -2.30. The summed E-state index contributed by atoms with van der Waals surface area (Å²) < 4.78 is 1.83. The number of likely N-dealkylation sites (N-methyl/N-ethyl adjacent to an activating group) is 1. The van der Waals surface area contributed by atoms with Crippen molar-refractivity contribution < 1.29 is 0 Å². The fourth-order valence-electron chi connectivity index (χ4n) is 2.11. The Kier molecular flexibility index (Phi) is 5.90. The lowest BCUT2D eigenvalue weighted by molar-refractivity contribution is 0.243. The van der Waals surface area contributed by atoms with Gasteiger partial charge >= 0.3 is 0 Å². The smallest absolute Gasteiger partial charge is 0.0931 e. The molecule has 0 aliphatic carbocycles. The molecule has 0 aliphatic rings. The zero-order chi connectivity index (χ0) is 14.7. The molecule has 0 aliphatic heterocycles. The van der Waals surface area contributed by atoms with Gasteiger partial charge in [0.25, 0.3) is 0 Å². The summed E-state index contributed by atoms with van der Waals surface area (Å²) in [5.41, 5.74) is 7.06. The van der Waals surface area contributed by atoms with Crippen LogP contribution in [0.4, 0.5) is 0 Å². The third-order valence-electron chi connectivity index (χ3n) is 3.11. The summed E-state index contributed by atoms with van der Waals surface area (Å²) in [6, 6.07) is 9.84. The van der Waals surface area contributed by atoms with Gasteiger partial charge in [0.05, 0.1) is 4.34 Å². The van der Waals surface area contributed by atoms with Gasteiger partial charge in [-0.2, -0.15) is 0 Å². The monoisotopic (exact) mass is 392 g/mol. The van der Waals surface area contributed by atoms with Crippen LogP contribution in [-0.4, -0.2) is 18.5 Å². The SMILES string of the molecule is CN(Cc1ccc(Cl)s1)C(CN)c1cc(Cl)ccc1Br. The molecule has 1 aromatic carbocycles. The molecule has 0 radical (unpaired) electrons. The van der Waals surface area contributed by atoms with Gasteiger partial charge in [-0.1, -0.05) is 39.1 Å². The molecule has 108 valence electrons. The molecule has 0 saturated heterocycles. The van der Waals surface area contributed by atoms with Gasteiger partial charge in [0.2, 0.25) is 0 Å². The molecule has 1 atom stereocenters. The van der Waals surface area contributed by atoms with Gasteiger partial charge in [-0.05, 0) is 42.9 Å². The number of benzene rings is 1. The second-order valence-corrected chi connectivity index (χ2v) is 7.63. The van der Waals surface area contributed by atoms with Crippen LogP contribution in [0.15, 0.2) is 34.8 Å². The van der Waals surface area contributed by atoms with E-state index >= 15 is 0 Å². The van der Waals surface area contributed by atoms with Crippen LogP contribution < -0.4 is 5.73 Å². The zero-order valence-electron chi connectivity index (χ0n) is 10.9. The number of halogens is 3. The van der Waals surface area contributed by atoms with Gasteiger partial charge in [0, 0.05) is 33.5 Å². The third-order valence-corrected chi connectivity index (χ3v) is 5.28. The Morgan fingerprint density at radius 1 is 1.30 bits per heavy atom. The highest BCUT2D eigenvalue weighted by molar-refractivity contribution is 9.10. The van der Waals surface area contributed by atoms with Crippen LogP contribution in [-0.2, 0) is 6.54 Å². The average molecular weight is 394 g/mol. The summed E-state index contributed by atoms with van der Waals surface area (Å²) >= 11 is 17.2. The van der Waals surface area contributed by atoms with Crippen LogP contribution in [0.3, 0.4) is 0 Å². The number of hydrogen-bond acceptors (Lipinski definition) is 3. The fraction of sp³-hybridized carbons (Fsp3) is 0.286. The van der Waals surface area contributed by atoms with Crippen LogP contribution >= 0.6 is 50.5 Å².